The predicted octanol–water partition coefficient (Wildman–Crippen LogP) is 2.89. The van der Waals surface area contributed by atoms with Crippen LogP contribution < -0.4 is 0 Å². The number of rotatable bonds is 5. The van der Waals surface area contributed by atoms with Crippen molar-refractivity contribution in [2.75, 3.05) is 12.9 Å². The highest BCUT2D eigenvalue weighted by Gasteiger charge is 2.20. The first-order valence-corrected chi connectivity index (χ1v) is 7.26. The number of hydrogen-bond donors (Lipinski definition) is 0. The molecule has 1 rings (SSSR count). The maximum atomic E-state index is 12.1. The van der Waals surface area contributed by atoms with Crippen LogP contribution in [0.15, 0.2) is 29.3 Å². The highest BCUT2D eigenvalue weighted by Crippen LogP contribution is 2.18. The average Bonchev–Trinajstić information content (AvgIpc) is 2.42. The van der Waals surface area contributed by atoms with Crippen LogP contribution in [0.3, 0.4) is 0 Å². The molecule has 0 saturated carbocycles. The van der Waals surface area contributed by atoms with Gasteiger partial charge in [-0.15, -0.1) is 0 Å². The Kier molecular flexibility index (Phi) is 6.45. The number of thioether (sulfide) groups is 1. The molecule has 0 heterocycles. The van der Waals surface area contributed by atoms with E-state index in [4.69, 9.17) is 4.74 Å². The fraction of sp³-hybridized carbons (Fsp3) is 0.400. The van der Waals surface area contributed by atoms with Crippen LogP contribution in [0, 0.1) is 6.92 Å². The average molecular weight is 293 g/mol. The lowest BCUT2D eigenvalue weighted by Gasteiger charge is -2.10. The van der Waals surface area contributed by atoms with Gasteiger partial charge in [-0.3, -0.25) is 9.79 Å². The van der Waals surface area contributed by atoms with Crippen LogP contribution in [0.1, 0.15) is 29.8 Å². The second kappa shape index (κ2) is 7.85. The minimum atomic E-state index is -0.636. The van der Waals surface area contributed by atoms with E-state index < -0.39 is 12.0 Å². The third-order valence-corrected chi connectivity index (χ3v) is 3.59. The second-order valence-electron chi connectivity index (χ2n) is 4.53. The van der Waals surface area contributed by atoms with E-state index in [2.05, 4.69) is 4.99 Å². The van der Waals surface area contributed by atoms with Crippen LogP contribution in [0.2, 0.25) is 0 Å². The molecule has 4 nitrogen and oxygen atoms in total. The van der Waals surface area contributed by atoms with Crippen molar-refractivity contribution in [3.63, 3.8) is 0 Å². The molecule has 108 valence electrons. The van der Waals surface area contributed by atoms with Crippen molar-refractivity contribution in [2.24, 2.45) is 4.99 Å². The number of aryl methyl sites for hydroxylation is 1. The van der Waals surface area contributed by atoms with Gasteiger partial charge in [0.1, 0.15) is 0 Å². The van der Waals surface area contributed by atoms with E-state index in [-0.39, 0.29) is 10.9 Å². The van der Waals surface area contributed by atoms with Crippen molar-refractivity contribution in [2.45, 2.75) is 26.8 Å². The summed E-state index contributed by atoms with van der Waals surface area (Å²) in [6.45, 7) is 5.51. The lowest BCUT2D eigenvalue weighted by molar-refractivity contribution is -0.141. The maximum Gasteiger partial charge on any atom is 0.331 e. The van der Waals surface area contributed by atoms with Gasteiger partial charge in [0.2, 0.25) is 5.12 Å². The standard InChI is InChI=1S/C15H19NO3S/c1-10(2)16-13(14(17)19-4)9-20-15(18)12-8-6-5-7-11(12)3/h5-8,13H,9H2,1-4H3. The van der Waals surface area contributed by atoms with Crippen molar-refractivity contribution in [1.82, 2.24) is 0 Å². The van der Waals surface area contributed by atoms with Gasteiger partial charge in [-0.05, 0) is 26.3 Å². The van der Waals surface area contributed by atoms with Gasteiger partial charge in [0.15, 0.2) is 6.04 Å². The SMILES string of the molecule is COC(=O)C(CSC(=O)c1ccccc1C)N=C(C)C. The summed E-state index contributed by atoms with van der Waals surface area (Å²) in [6, 6.07) is 6.75. The molecule has 1 unspecified atom stereocenters. The lowest BCUT2D eigenvalue weighted by Crippen LogP contribution is -2.24. The Bertz CT molecular complexity index is 522. The first-order chi connectivity index (χ1) is 9.45. The number of hydrogen-bond acceptors (Lipinski definition) is 5. The third-order valence-electron chi connectivity index (χ3n) is 2.62. The maximum absolute atomic E-state index is 12.1. The molecule has 0 N–H and O–H groups in total. The first kappa shape index (κ1) is 16.4. The molecular weight excluding hydrogens is 274 g/mol. The molecule has 1 atom stereocenters. The summed E-state index contributed by atoms with van der Waals surface area (Å²) in [7, 11) is 1.32. The van der Waals surface area contributed by atoms with Crippen molar-refractivity contribution >= 4 is 28.6 Å². The smallest absolute Gasteiger partial charge is 0.331 e. The van der Waals surface area contributed by atoms with E-state index in [0.29, 0.717) is 5.56 Å². The van der Waals surface area contributed by atoms with E-state index in [1.54, 1.807) is 6.07 Å². The van der Waals surface area contributed by atoms with Gasteiger partial charge in [0.05, 0.1) is 7.11 Å². The van der Waals surface area contributed by atoms with E-state index in [9.17, 15) is 9.59 Å². The number of nitrogens with zero attached hydrogens (tertiary/aromatic N) is 1. The number of esters is 1. The fourth-order valence-electron chi connectivity index (χ4n) is 1.64. The molecule has 1 aromatic carbocycles. The van der Waals surface area contributed by atoms with Crippen molar-refractivity contribution in [3.05, 3.63) is 35.4 Å². The molecule has 0 amide bonds. The molecule has 0 spiro atoms. The van der Waals surface area contributed by atoms with Gasteiger partial charge in [0, 0.05) is 17.0 Å². The quantitative estimate of drug-likeness (QED) is 0.619. The molecule has 0 bridgehead atoms. The number of benzene rings is 1. The monoisotopic (exact) mass is 293 g/mol. The Morgan fingerprint density at radius 2 is 1.95 bits per heavy atom. The second-order valence-corrected chi connectivity index (χ2v) is 5.52. The third kappa shape index (κ3) is 4.81. The molecular formula is C15H19NO3S. The van der Waals surface area contributed by atoms with Crippen LogP contribution in [0.25, 0.3) is 0 Å². The Balaban J connectivity index is 2.73. The van der Waals surface area contributed by atoms with Gasteiger partial charge in [0.25, 0.3) is 0 Å². The molecule has 0 aliphatic heterocycles. The number of carbonyl (C=O) groups excluding carboxylic acids is 2. The molecule has 20 heavy (non-hydrogen) atoms. The molecule has 0 fully saturated rings. The summed E-state index contributed by atoms with van der Waals surface area (Å²) in [5.74, 6) is -0.137. The van der Waals surface area contributed by atoms with Crippen LogP contribution in [-0.2, 0) is 9.53 Å². The van der Waals surface area contributed by atoms with E-state index in [1.165, 1.54) is 7.11 Å². The Labute approximate surface area is 123 Å². The zero-order chi connectivity index (χ0) is 15.1. The number of methoxy groups -OCH3 is 1. The minimum Gasteiger partial charge on any atom is -0.467 e. The molecule has 0 aliphatic carbocycles. The Morgan fingerprint density at radius 3 is 2.50 bits per heavy atom. The summed E-state index contributed by atoms with van der Waals surface area (Å²) in [5, 5.41) is -0.0547. The van der Waals surface area contributed by atoms with Crippen molar-refractivity contribution in [3.8, 4) is 0 Å². The summed E-state index contributed by atoms with van der Waals surface area (Å²) >= 11 is 1.09. The Hall–Kier alpha value is -1.62. The molecule has 5 heteroatoms. The summed E-state index contributed by atoms with van der Waals surface area (Å²) in [5.41, 5.74) is 2.37. The molecule has 1 aromatic rings. The normalized spacial score (nSPS) is 11.6. The number of ether oxygens (including phenoxy) is 1. The van der Waals surface area contributed by atoms with Crippen LogP contribution >= 0.6 is 11.8 Å². The molecule has 0 radical (unpaired) electrons. The number of carbonyl (C=O) groups is 2. The van der Waals surface area contributed by atoms with Gasteiger partial charge in [-0.2, -0.15) is 0 Å². The van der Waals surface area contributed by atoms with Crippen LogP contribution in [0.4, 0.5) is 0 Å². The summed E-state index contributed by atoms with van der Waals surface area (Å²) < 4.78 is 4.70. The molecule has 0 aromatic heterocycles. The topological polar surface area (TPSA) is 55.7 Å². The van der Waals surface area contributed by atoms with Crippen molar-refractivity contribution in [1.29, 1.82) is 0 Å². The molecule has 0 saturated heterocycles. The first-order valence-electron chi connectivity index (χ1n) is 6.27. The van der Waals surface area contributed by atoms with Crippen LogP contribution in [-0.4, -0.2) is 35.7 Å². The summed E-state index contributed by atoms with van der Waals surface area (Å²) in [4.78, 5) is 27.9. The van der Waals surface area contributed by atoms with E-state index in [0.717, 1.165) is 23.0 Å². The van der Waals surface area contributed by atoms with Crippen LogP contribution in [0.5, 0.6) is 0 Å². The van der Waals surface area contributed by atoms with Gasteiger partial charge in [-0.1, -0.05) is 36.0 Å². The lowest BCUT2D eigenvalue weighted by atomic mass is 10.1. The number of aliphatic imine (C=N–C) groups is 1. The predicted molar refractivity (Wildman–Crippen MR) is 82.6 cm³/mol. The summed E-state index contributed by atoms with van der Waals surface area (Å²) in [6.07, 6.45) is 0. The van der Waals surface area contributed by atoms with Gasteiger partial charge < -0.3 is 4.74 Å². The van der Waals surface area contributed by atoms with Gasteiger partial charge in [-0.25, -0.2) is 4.79 Å². The zero-order valence-corrected chi connectivity index (χ0v) is 13.0. The van der Waals surface area contributed by atoms with E-state index in [1.807, 2.05) is 39.0 Å². The fourth-order valence-corrected chi connectivity index (χ4v) is 2.54. The highest BCUT2D eigenvalue weighted by atomic mass is 32.2. The largest absolute Gasteiger partial charge is 0.467 e. The van der Waals surface area contributed by atoms with Crippen molar-refractivity contribution < 1.29 is 14.3 Å². The highest BCUT2D eigenvalue weighted by molar-refractivity contribution is 8.14. The van der Waals surface area contributed by atoms with E-state index >= 15 is 0 Å². The molecule has 0 aliphatic rings. The minimum absolute atomic E-state index is 0.0547. The zero-order valence-electron chi connectivity index (χ0n) is 12.2. The Morgan fingerprint density at radius 1 is 1.30 bits per heavy atom. The van der Waals surface area contributed by atoms with Gasteiger partial charge >= 0.3 is 5.97 Å².